The van der Waals surface area contributed by atoms with Crippen molar-refractivity contribution in [2.75, 3.05) is 0 Å². The van der Waals surface area contributed by atoms with Gasteiger partial charge in [-0.1, -0.05) is 48.5 Å². The molecule has 0 amide bonds. The van der Waals surface area contributed by atoms with Crippen molar-refractivity contribution in [3.63, 3.8) is 0 Å². The van der Waals surface area contributed by atoms with Gasteiger partial charge in [0.1, 0.15) is 5.75 Å². The van der Waals surface area contributed by atoms with Crippen LogP contribution < -0.4 is 4.74 Å². The Balaban J connectivity index is 2.03. The van der Waals surface area contributed by atoms with Crippen LogP contribution in [0, 0.1) is 0 Å². The molecule has 0 fully saturated rings. The van der Waals surface area contributed by atoms with Crippen molar-refractivity contribution in [1.29, 1.82) is 0 Å². The molecule has 0 aliphatic carbocycles. The molecular formula is C18H18O2. The lowest BCUT2D eigenvalue weighted by atomic mass is 10.1. The summed E-state index contributed by atoms with van der Waals surface area (Å²) in [5, 5.41) is 0. The molecule has 2 nitrogen and oxygen atoms in total. The Morgan fingerprint density at radius 1 is 1.00 bits per heavy atom. The number of ether oxygens (including phenoxy) is 1. The van der Waals surface area contributed by atoms with Gasteiger partial charge in [0.25, 0.3) is 0 Å². The summed E-state index contributed by atoms with van der Waals surface area (Å²) in [6.07, 6.45) is 3.57. The standard InChI is InChI=1S/C18H18O2/c1-14(2)20-17-11-8-15(9-12-17)10-13-18(19)16-6-4-3-5-7-16/h3-14H,1-2H3/b13-10+. The van der Waals surface area contributed by atoms with Gasteiger partial charge in [0, 0.05) is 5.56 Å². The van der Waals surface area contributed by atoms with Crippen molar-refractivity contribution >= 4 is 11.9 Å². The number of hydrogen-bond acceptors (Lipinski definition) is 2. The van der Waals surface area contributed by atoms with Crippen LogP contribution in [-0.2, 0) is 0 Å². The fourth-order valence-electron chi connectivity index (χ4n) is 1.80. The van der Waals surface area contributed by atoms with Gasteiger partial charge in [-0.15, -0.1) is 0 Å². The molecule has 0 heterocycles. The van der Waals surface area contributed by atoms with E-state index in [9.17, 15) is 4.79 Å². The molecule has 0 atom stereocenters. The Labute approximate surface area is 119 Å². The Morgan fingerprint density at radius 3 is 2.25 bits per heavy atom. The summed E-state index contributed by atoms with van der Waals surface area (Å²) in [6, 6.07) is 16.9. The molecule has 20 heavy (non-hydrogen) atoms. The molecule has 0 aliphatic heterocycles. The molecule has 0 N–H and O–H groups in total. The van der Waals surface area contributed by atoms with Gasteiger partial charge in [0.2, 0.25) is 0 Å². The van der Waals surface area contributed by atoms with Crippen LogP contribution in [0.5, 0.6) is 5.75 Å². The lowest BCUT2D eigenvalue weighted by Crippen LogP contribution is -2.05. The summed E-state index contributed by atoms with van der Waals surface area (Å²) >= 11 is 0. The van der Waals surface area contributed by atoms with E-state index in [1.54, 1.807) is 6.08 Å². The van der Waals surface area contributed by atoms with E-state index in [0.717, 1.165) is 11.3 Å². The van der Waals surface area contributed by atoms with Crippen LogP contribution in [0.15, 0.2) is 60.7 Å². The third-order valence-electron chi connectivity index (χ3n) is 2.74. The minimum absolute atomic E-state index is 0.00751. The van der Waals surface area contributed by atoms with Crippen molar-refractivity contribution in [2.45, 2.75) is 20.0 Å². The fourth-order valence-corrected chi connectivity index (χ4v) is 1.80. The maximum atomic E-state index is 11.9. The summed E-state index contributed by atoms with van der Waals surface area (Å²) in [7, 11) is 0. The average molecular weight is 266 g/mol. The van der Waals surface area contributed by atoms with Crippen LogP contribution in [0.1, 0.15) is 29.8 Å². The fraction of sp³-hybridized carbons (Fsp3) is 0.167. The Hall–Kier alpha value is -2.35. The second-order valence-electron chi connectivity index (χ2n) is 4.80. The van der Waals surface area contributed by atoms with E-state index in [-0.39, 0.29) is 11.9 Å². The Bertz CT molecular complexity index is 581. The second-order valence-corrected chi connectivity index (χ2v) is 4.80. The topological polar surface area (TPSA) is 26.3 Å². The number of ketones is 1. The first-order valence-corrected chi connectivity index (χ1v) is 6.69. The third-order valence-corrected chi connectivity index (χ3v) is 2.74. The highest BCUT2D eigenvalue weighted by Gasteiger charge is 2.00. The van der Waals surface area contributed by atoms with Crippen LogP contribution in [0.4, 0.5) is 0 Å². The molecule has 0 saturated heterocycles. The quantitative estimate of drug-likeness (QED) is 0.593. The molecule has 0 aliphatic rings. The van der Waals surface area contributed by atoms with Crippen LogP contribution >= 0.6 is 0 Å². The maximum Gasteiger partial charge on any atom is 0.185 e. The molecule has 2 aromatic carbocycles. The average Bonchev–Trinajstić information content (AvgIpc) is 2.46. The number of carbonyl (C=O) groups excluding carboxylic acids is 1. The Morgan fingerprint density at radius 2 is 1.65 bits per heavy atom. The lowest BCUT2D eigenvalue weighted by molar-refractivity contribution is 0.104. The molecule has 0 radical (unpaired) electrons. The predicted octanol–water partition coefficient (Wildman–Crippen LogP) is 4.37. The van der Waals surface area contributed by atoms with Crippen LogP contribution in [0.25, 0.3) is 6.08 Å². The Kier molecular flexibility index (Phi) is 4.72. The van der Waals surface area contributed by atoms with E-state index in [2.05, 4.69) is 0 Å². The molecule has 2 rings (SSSR count). The third kappa shape index (κ3) is 4.09. The van der Waals surface area contributed by atoms with Crippen LogP contribution in [-0.4, -0.2) is 11.9 Å². The maximum absolute atomic E-state index is 11.9. The molecule has 0 saturated carbocycles. The predicted molar refractivity (Wildman–Crippen MR) is 82.0 cm³/mol. The SMILES string of the molecule is CC(C)Oc1ccc(/C=C/C(=O)c2ccccc2)cc1. The summed E-state index contributed by atoms with van der Waals surface area (Å²) in [4.78, 5) is 11.9. The highest BCUT2D eigenvalue weighted by molar-refractivity contribution is 6.06. The van der Waals surface area contributed by atoms with Crippen molar-refractivity contribution in [2.24, 2.45) is 0 Å². The van der Waals surface area contributed by atoms with E-state index in [1.165, 1.54) is 0 Å². The van der Waals surface area contributed by atoms with Crippen molar-refractivity contribution < 1.29 is 9.53 Å². The van der Waals surface area contributed by atoms with Gasteiger partial charge in [0.05, 0.1) is 6.10 Å². The number of rotatable bonds is 5. The number of hydrogen-bond donors (Lipinski definition) is 0. The van der Waals surface area contributed by atoms with E-state index in [4.69, 9.17) is 4.74 Å². The minimum atomic E-state index is 0.00751. The van der Waals surface area contributed by atoms with Gasteiger partial charge in [0.15, 0.2) is 5.78 Å². The van der Waals surface area contributed by atoms with Gasteiger partial charge in [-0.2, -0.15) is 0 Å². The first kappa shape index (κ1) is 14.1. The molecule has 0 spiro atoms. The van der Waals surface area contributed by atoms with Crippen LogP contribution in [0.3, 0.4) is 0 Å². The first-order valence-electron chi connectivity index (χ1n) is 6.69. The van der Waals surface area contributed by atoms with Crippen molar-refractivity contribution in [3.05, 3.63) is 71.8 Å². The summed E-state index contributed by atoms with van der Waals surface area (Å²) in [5.41, 5.74) is 1.67. The van der Waals surface area contributed by atoms with Crippen LogP contribution in [0.2, 0.25) is 0 Å². The first-order chi connectivity index (χ1) is 9.65. The molecule has 0 aromatic heterocycles. The smallest absolute Gasteiger partial charge is 0.185 e. The molecular weight excluding hydrogens is 248 g/mol. The van der Waals surface area contributed by atoms with Gasteiger partial charge < -0.3 is 4.74 Å². The van der Waals surface area contributed by atoms with Gasteiger partial charge in [-0.25, -0.2) is 0 Å². The number of carbonyl (C=O) groups is 1. The van der Waals surface area contributed by atoms with Crippen molar-refractivity contribution in [1.82, 2.24) is 0 Å². The van der Waals surface area contributed by atoms with E-state index < -0.39 is 0 Å². The minimum Gasteiger partial charge on any atom is -0.491 e. The monoisotopic (exact) mass is 266 g/mol. The van der Waals surface area contributed by atoms with Gasteiger partial charge in [-0.3, -0.25) is 4.79 Å². The number of benzene rings is 2. The van der Waals surface area contributed by atoms with E-state index in [0.29, 0.717) is 5.56 Å². The zero-order chi connectivity index (χ0) is 14.4. The summed E-state index contributed by atoms with van der Waals surface area (Å²) < 4.78 is 5.57. The molecule has 2 aromatic rings. The molecule has 2 heteroatoms. The molecule has 0 bridgehead atoms. The zero-order valence-corrected chi connectivity index (χ0v) is 11.7. The van der Waals surface area contributed by atoms with Gasteiger partial charge >= 0.3 is 0 Å². The lowest BCUT2D eigenvalue weighted by Gasteiger charge is -2.09. The van der Waals surface area contributed by atoms with E-state index in [1.807, 2.05) is 74.5 Å². The highest BCUT2D eigenvalue weighted by atomic mass is 16.5. The second kappa shape index (κ2) is 6.71. The van der Waals surface area contributed by atoms with E-state index >= 15 is 0 Å². The molecule has 0 unspecified atom stereocenters. The number of allylic oxidation sites excluding steroid dienone is 1. The zero-order valence-electron chi connectivity index (χ0n) is 11.7. The normalized spacial score (nSPS) is 10.9. The largest absolute Gasteiger partial charge is 0.491 e. The highest BCUT2D eigenvalue weighted by Crippen LogP contribution is 2.15. The van der Waals surface area contributed by atoms with Gasteiger partial charge in [-0.05, 0) is 37.6 Å². The van der Waals surface area contributed by atoms with Crippen molar-refractivity contribution in [3.8, 4) is 5.75 Å². The molecule has 102 valence electrons. The summed E-state index contributed by atoms with van der Waals surface area (Å²) in [5.74, 6) is 0.847. The summed E-state index contributed by atoms with van der Waals surface area (Å²) in [6.45, 7) is 3.98.